The van der Waals surface area contributed by atoms with Gasteiger partial charge in [0, 0.05) is 26.2 Å². The Kier molecular flexibility index (Phi) is 4.07. The second kappa shape index (κ2) is 5.86. The Hall–Kier alpha value is -1.64. The molecule has 22 heavy (non-hydrogen) atoms. The lowest BCUT2D eigenvalue weighted by molar-refractivity contribution is 0.275. The smallest absolute Gasteiger partial charge is 0.0244 e. The van der Waals surface area contributed by atoms with Gasteiger partial charge in [-0.3, -0.25) is 4.90 Å². The van der Waals surface area contributed by atoms with E-state index in [9.17, 15) is 0 Å². The molecule has 2 nitrogen and oxygen atoms in total. The van der Waals surface area contributed by atoms with E-state index in [0.717, 1.165) is 19.6 Å². The summed E-state index contributed by atoms with van der Waals surface area (Å²) in [6.45, 7) is 10.6. The van der Waals surface area contributed by atoms with Crippen molar-refractivity contribution in [3.63, 3.8) is 0 Å². The molecule has 0 unspecified atom stereocenters. The van der Waals surface area contributed by atoms with Gasteiger partial charge in [0.2, 0.25) is 0 Å². The molecule has 0 amide bonds. The number of rotatable bonds is 3. The molecule has 1 aliphatic heterocycles. The molecule has 2 aromatic rings. The van der Waals surface area contributed by atoms with E-state index in [1.165, 1.54) is 27.8 Å². The molecule has 0 fully saturated rings. The molecular weight excluding hydrogens is 268 g/mol. The van der Waals surface area contributed by atoms with Crippen molar-refractivity contribution >= 4 is 0 Å². The number of fused-ring (bicyclic) bond motifs is 1. The van der Waals surface area contributed by atoms with E-state index in [-0.39, 0.29) is 5.41 Å². The molecule has 0 radical (unpaired) electrons. The summed E-state index contributed by atoms with van der Waals surface area (Å²) in [5, 5.41) is 0. The van der Waals surface area contributed by atoms with Crippen LogP contribution >= 0.6 is 0 Å². The van der Waals surface area contributed by atoms with E-state index >= 15 is 0 Å². The van der Waals surface area contributed by atoms with E-state index in [4.69, 9.17) is 5.73 Å². The number of nitrogens with two attached hydrogens (primary N) is 1. The summed E-state index contributed by atoms with van der Waals surface area (Å²) in [6.07, 6.45) is 0. The van der Waals surface area contributed by atoms with E-state index in [1.54, 1.807) is 0 Å². The highest BCUT2D eigenvalue weighted by atomic mass is 15.1. The Bertz CT molecular complexity index is 650. The van der Waals surface area contributed by atoms with Crippen LogP contribution in [-0.4, -0.2) is 4.90 Å². The van der Waals surface area contributed by atoms with Gasteiger partial charge in [-0.2, -0.15) is 0 Å². The van der Waals surface area contributed by atoms with Crippen molar-refractivity contribution in [2.75, 3.05) is 0 Å². The lowest BCUT2D eigenvalue weighted by Gasteiger charge is -2.19. The van der Waals surface area contributed by atoms with Gasteiger partial charge in [-0.25, -0.2) is 0 Å². The van der Waals surface area contributed by atoms with Crippen LogP contribution in [0.2, 0.25) is 0 Å². The Balaban J connectivity index is 1.71. The number of benzene rings is 2. The second-order valence-corrected chi connectivity index (χ2v) is 7.40. The van der Waals surface area contributed by atoms with Gasteiger partial charge in [-0.05, 0) is 33.2 Å². The van der Waals surface area contributed by atoms with E-state index in [2.05, 4.69) is 68.1 Å². The predicted octanol–water partition coefficient (Wildman–Crippen LogP) is 3.96. The molecule has 116 valence electrons. The third-order valence-electron chi connectivity index (χ3n) is 4.53. The van der Waals surface area contributed by atoms with Gasteiger partial charge in [0.15, 0.2) is 0 Å². The van der Waals surface area contributed by atoms with Gasteiger partial charge in [-0.1, -0.05) is 63.2 Å². The maximum atomic E-state index is 5.66. The van der Waals surface area contributed by atoms with Crippen LogP contribution in [0.25, 0.3) is 0 Å². The van der Waals surface area contributed by atoms with E-state index < -0.39 is 0 Å². The third kappa shape index (κ3) is 3.23. The molecular formula is C20H26N2. The predicted molar refractivity (Wildman–Crippen MR) is 92.4 cm³/mol. The van der Waals surface area contributed by atoms with Gasteiger partial charge in [0.1, 0.15) is 0 Å². The SMILES string of the molecule is CC(C)(C)c1ccc2c(c1)CN(Cc1ccc(CN)cc1)C2. The zero-order chi connectivity index (χ0) is 15.7. The van der Waals surface area contributed by atoms with Crippen LogP contribution in [0.5, 0.6) is 0 Å². The first-order valence-corrected chi connectivity index (χ1v) is 8.08. The third-order valence-corrected chi connectivity index (χ3v) is 4.53. The first kappa shape index (κ1) is 15.3. The highest BCUT2D eigenvalue weighted by molar-refractivity contribution is 5.37. The molecule has 0 atom stereocenters. The van der Waals surface area contributed by atoms with Gasteiger partial charge in [-0.15, -0.1) is 0 Å². The molecule has 3 rings (SSSR count). The zero-order valence-electron chi connectivity index (χ0n) is 13.9. The quantitative estimate of drug-likeness (QED) is 0.928. The minimum absolute atomic E-state index is 0.223. The first-order chi connectivity index (χ1) is 10.5. The van der Waals surface area contributed by atoms with Gasteiger partial charge in [0.05, 0.1) is 0 Å². The molecule has 0 aromatic heterocycles. The van der Waals surface area contributed by atoms with Crippen LogP contribution in [-0.2, 0) is 31.6 Å². The van der Waals surface area contributed by atoms with Crippen LogP contribution < -0.4 is 5.73 Å². The maximum Gasteiger partial charge on any atom is 0.0244 e. The van der Waals surface area contributed by atoms with Crippen molar-refractivity contribution < 1.29 is 0 Å². The van der Waals surface area contributed by atoms with Crippen LogP contribution in [0.4, 0.5) is 0 Å². The van der Waals surface area contributed by atoms with Crippen molar-refractivity contribution in [1.82, 2.24) is 4.90 Å². The number of hydrogen-bond acceptors (Lipinski definition) is 2. The average Bonchev–Trinajstić information content (AvgIpc) is 2.88. The Morgan fingerprint density at radius 1 is 0.909 bits per heavy atom. The minimum Gasteiger partial charge on any atom is -0.326 e. The molecule has 2 heteroatoms. The van der Waals surface area contributed by atoms with Crippen molar-refractivity contribution in [2.24, 2.45) is 5.73 Å². The lowest BCUT2D eigenvalue weighted by Crippen LogP contribution is -2.15. The van der Waals surface area contributed by atoms with Gasteiger partial charge >= 0.3 is 0 Å². The van der Waals surface area contributed by atoms with Crippen molar-refractivity contribution in [3.05, 3.63) is 70.3 Å². The molecule has 0 saturated carbocycles. The summed E-state index contributed by atoms with van der Waals surface area (Å²) in [6, 6.07) is 15.7. The second-order valence-electron chi connectivity index (χ2n) is 7.40. The number of nitrogens with zero attached hydrogens (tertiary/aromatic N) is 1. The molecule has 0 aliphatic carbocycles. The Morgan fingerprint density at radius 3 is 2.18 bits per heavy atom. The fraction of sp³-hybridized carbons (Fsp3) is 0.400. The highest BCUT2D eigenvalue weighted by Crippen LogP contribution is 2.30. The highest BCUT2D eigenvalue weighted by Gasteiger charge is 2.22. The molecule has 0 bridgehead atoms. The zero-order valence-corrected chi connectivity index (χ0v) is 13.9. The van der Waals surface area contributed by atoms with Crippen LogP contribution in [0, 0.1) is 0 Å². The van der Waals surface area contributed by atoms with Crippen molar-refractivity contribution in [2.45, 2.75) is 52.4 Å². The molecule has 0 saturated heterocycles. The summed E-state index contributed by atoms with van der Waals surface area (Å²) in [5.41, 5.74) is 12.8. The molecule has 0 spiro atoms. The standard InChI is InChI=1S/C20H26N2/c1-20(2,3)19-9-8-17-13-22(14-18(17)10-19)12-16-6-4-15(11-21)5-7-16/h4-10H,11-14,21H2,1-3H3. The largest absolute Gasteiger partial charge is 0.326 e. The normalized spacial score (nSPS) is 15.1. The summed E-state index contributed by atoms with van der Waals surface area (Å²) >= 11 is 0. The van der Waals surface area contributed by atoms with Crippen LogP contribution in [0.15, 0.2) is 42.5 Å². The van der Waals surface area contributed by atoms with E-state index in [1.807, 2.05) is 0 Å². The van der Waals surface area contributed by atoms with Crippen LogP contribution in [0.1, 0.15) is 48.6 Å². The van der Waals surface area contributed by atoms with Crippen molar-refractivity contribution in [1.29, 1.82) is 0 Å². The Labute approximate surface area is 134 Å². The van der Waals surface area contributed by atoms with Gasteiger partial charge in [0.25, 0.3) is 0 Å². The maximum absolute atomic E-state index is 5.66. The topological polar surface area (TPSA) is 29.3 Å². The fourth-order valence-corrected chi connectivity index (χ4v) is 3.08. The van der Waals surface area contributed by atoms with Crippen molar-refractivity contribution in [3.8, 4) is 0 Å². The lowest BCUT2D eigenvalue weighted by atomic mass is 9.85. The summed E-state index contributed by atoms with van der Waals surface area (Å²) in [4.78, 5) is 2.51. The van der Waals surface area contributed by atoms with Gasteiger partial charge < -0.3 is 5.73 Å². The molecule has 1 aliphatic rings. The summed E-state index contributed by atoms with van der Waals surface area (Å²) < 4.78 is 0. The summed E-state index contributed by atoms with van der Waals surface area (Å²) in [5.74, 6) is 0. The summed E-state index contributed by atoms with van der Waals surface area (Å²) in [7, 11) is 0. The van der Waals surface area contributed by atoms with Crippen LogP contribution in [0.3, 0.4) is 0 Å². The van der Waals surface area contributed by atoms with E-state index in [0.29, 0.717) is 6.54 Å². The Morgan fingerprint density at radius 2 is 1.55 bits per heavy atom. The number of hydrogen-bond donors (Lipinski definition) is 1. The average molecular weight is 294 g/mol. The molecule has 2 N–H and O–H groups in total. The first-order valence-electron chi connectivity index (χ1n) is 8.08. The fourth-order valence-electron chi connectivity index (χ4n) is 3.08. The monoisotopic (exact) mass is 294 g/mol. The minimum atomic E-state index is 0.223. The molecule has 1 heterocycles. The molecule has 2 aromatic carbocycles.